The van der Waals surface area contributed by atoms with Crippen LogP contribution < -0.4 is 4.72 Å². The Bertz CT molecular complexity index is 501. The number of carbonyl (C=O) groups is 1. The highest BCUT2D eigenvalue weighted by Crippen LogP contribution is 2.17. The fourth-order valence-electron chi connectivity index (χ4n) is 1.37. The smallest absolute Gasteiger partial charge is 0.273 e. The highest BCUT2D eigenvalue weighted by atomic mass is 32.2. The van der Waals surface area contributed by atoms with Gasteiger partial charge in [-0.05, 0) is 13.5 Å². The summed E-state index contributed by atoms with van der Waals surface area (Å²) >= 11 is 0. The van der Waals surface area contributed by atoms with Crippen molar-refractivity contribution in [2.75, 3.05) is 20.1 Å². The molecule has 7 heteroatoms. The maximum atomic E-state index is 11.7. The Balaban J connectivity index is 2.22. The second kappa shape index (κ2) is 3.91. The minimum atomic E-state index is -3.61. The van der Waals surface area contributed by atoms with Gasteiger partial charge in [0, 0.05) is 19.2 Å². The van der Waals surface area contributed by atoms with E-state index >= 15 is 0 Å². The molecule has 1 aromatic heterocycles. The molecule has 0 atom stereocenters. The first kappa shape index (κ1) is 11.2. The van der Waals surface area contributed by atoms with E-state index in [0.29, 0.717) is 0 Å². The normalized spacial score (nSPS) is 15.9. The van der Waals surface area contributed by atoms with Crippen molar-refractivity contribution in [2.24, 2.45) is 0 Å². The summed E-state index contributed by atoms with van der Waals surface area (Å²) in [7, 11) is -2.33. The summed E-state index contributed by atoms with van der Waals surface area (Å²) in [6.07, 6.45) is 2.16. The summed E-state index contributed by atoms with van der Waals surface area (Å²) in [5.41, 5.74) is 0.272. The fourth-order valence-corrected chi connectivity index (χ4v) is 2.03. The van der Waals surface area contributed by atoms with Crippen LogP contribution in [0, 0.1) is 0 Å². The van der Waals surface area contributed by atoms with Gasteiger partial charge in [0.05, 0.1) is 5.56 Å². The topological polar surface area (TPSA) is 79.6 Å². The number of rotatable bonds is 3. The van der Waals surface area contributed by atoms with Crippen molar-refractivity contribution >= 4 is 15.9 Å². The van der Waals surface area contributed by atoms with Crippen LogP contribution in [0.3, 0.4) is 0 Å². The Labute approximate surface area is 93.3 Å². The van der Waals surface area contributed by atoms with Crippen molar-refractivity contribution < 1.29 is 17.6 Å². The van der Waals surface area contributed by atoms with E-state index in [1.165, 1.54) is 19.4 Å². The van der Waals surface area contributed by atoms with Crippen LogP contribution in [0.15, 0.2) is 21.8 Å². The van der Waals surface area contributed by atoms with Crippen LogP contribution in [0.1, 0.15) is 16.8 Å². The third-order valence-electron chi connectivity index (χ3n) is 2.50. The number of hydrogen-bond acceptors (Lipinski definition) is 4. The van der Waals surface area contributed by atoms with E-state index in [0.717, 1.165) is 19.5 Å². The molecular weight excluding hydrogens is 232 g/mol. The van der Waals surface area contributed by atoms with Gasteiger partial charge in [-0.15, -0.1) is 0 Å². The molecule has 0 unspecified atom stereocenters. The van der Waals surface area contributed by atoms with Crippen LogP contribution in [-0.4, -0.2) is 39.4 Å². The Kier molecular flexibility index (Phi) is 2.73. The summed E-state index contributed by atoms with van der Waals surface area (Å²) < 4.78 is 29.7. The Morgan fingerprint density at radius 3 is 2.69 bits per heavy atom. The molecule has 1 saturated heterocycles. The predicted octanol–water partition coefficient (Wildman–Crippen LogP) is 0.0336. The number of nitrogens with one attached hydrogen (secondary N) is 1. The van der Waals surface area contributed by atoms with Crippen molar-refractivity contribution in [3.8, 4) is 0 Å². The molecular formula is C9H12N2O4S. The van der Waals surface area contributed by atoms with Crippen molar-refractivity contribution in [2.45, 2.75) is 11.5 Å². The molecule has 1 fully saturated rings. The Morgan fingerprint density at radius 1 is 1.50 bits per heavy atom. The minimum absolute atomic E-state index is 0.187. The number of furan rings is 1. The van der Waals surface area contributed by atoms with E-state index in [2.05, 4.69) is 4.72 Å². The van der Waals surface area contributed by atoms with Gasteiger partial charge in [0.1, 0.15) is 6.26 Å². The summed E-state index contributed by atoms with van der Waals surface area (Å²) in [6.45, 7) is 1.44. The molecule has 1 amide bonds. The van der Waals surface area contributed by atoms with Crippen LogP contribution in [-0.2, 0) is 10.0 Å². The number of nitrogens with zero attached hydrogens (tertiary/aromatic N) is 1. The second-order valence-corrected chi connectivity index (χ2v) is 5.33. The molecule has 6 nitrogen and oxygen atoms in total. The highest BCUT2D eigenvalue weighted by Gasteiger charge is 2.25. The largest absolute Gasteiger partial charge is 0.451 e. The molecule has 88 valence electrons. The van der Waals surface area contributed by atoms with E-state index in [4.69, 9.17) is 4.42 Å². The molecule has 16 heavy (non-hydrogen) atoms. The van der Waals surface area contributed by atoms with Crippen LogP contribution in [0.5, 0.6) is 0 Å². The SMILES string of the molecule is CNS(=O)(=O)c1cc(C(=O)N2CCC2)co1. The maximum absolute atomic E-state index is 11.7. The molecule has 0 aromatic carbocycles. The van der Waals surface area contributed by atoms with Crippen molar-refractivity contribution in [3.63, 3.8) is 0 Å². The van der Waals surface area contributed by atoms with Gasteiger partial charge in [0.25, 0.3) is 15.9 Å². The van der Waals surface area contributed by atoms with Gasteiger partial charge >= 0.3 is 0 Å². The summed E-state index contributed by atoms with van der Waals surface area (Å²) in [5.74, 6) is -0.187. The fraction of sp³-hybridized carbons (Fsp3) is 0.444. The van der Waals surface area contributed by atoms with Gasteiger partial charge in [-0.25, -0.2) is 13.1 Å². The molecule has 1 aliphatic heterocycles. The minimum Gasteiger partial charge on any atom is -0.451 e. The van der Waals surface area contributed by atoms with Crippen LogP contribution >= 0.6 is 0 Å². The lowest BCUT2D eigenvalue weighted by Crippen LogP contribution is -2.41. The molecule has 0 spiro atoms. The highest BCUT2D eigenvalue weighted by molar-refractivity contribution is 7.89. The molecule has 1 aliphatic rings. The van der Waals surface area contributed by atoms with Crippen LogP contribution in [0.25, 0.3) is 0 Å². The molecule has 1 N–H and O–H groups in total. The Morgan fingerprint density at radius 2 is 2.19 bits per heavy atom. The molecule has 2 rings (SSSR count). The summed E-state index contributed by atoms with van der Waals surface area (Å²) in [4.78, 5) is 13.3. The summed E-state index contributed by atoms with van der Waals surface area (Å²) in [5, 5.41) is -0.237. The van der Waals surface area contributed by atoms with E-state index in [9.17, 15) is 13.2 Å². The van der Waals surface area contributed by atoms with E-state index < -0.39 is 10.0 Å². The molecule has 2 heterocycles. The quantitative estimate of drug-likeness (QED) is 0.813. The predicted molar refractivity (Wildman–Crippen MR) is 55.5 cm³/mol. The number of likely N-dealkylation sites (tertiary alicyclic amines) is 1. The Hall–Kier alpha value is -1.34. The number of sulfonamides is 1. The first-order chi connectivity index (χ1) is 7.54. The first-order valence-corrected chi connectivity index (χ1v) is 6.34. The lowest BCUT2D eigenvalue weighted by Gasteiger charge is -2.30. The molecule has 0 saturated carbocycles. The van der Waals surface area contributed by atoms with Crippen molar-refractivity contribution in [1.29, 1.82) is 0 Å². The molecule has 1 aromatic rings. The van der Waals surface area contributed by atoms with Gasteiger partial charge in [-0.2, -0.15) is 0 Å². The van der Waals surface area contributed by atoms with Crippen molar-refractivity contribution in [3.05, 3.63) is 17.9 Å². The van der Waals surface area contributed by atoms with Gasteiger partial charge in [0.2, 0.25) is 5.09 Å². The average Bonchev–Trinajstić information content (AvgIpc) is 2.64. The maximum Gasteiger partial charge on any atom is 0.273 e. The van der Waals surface area contributed by atoms with E-state index in [-0.39, 0.29) is 16.6 Å². The molecule has 0 aliphatic carbocycles. The lowest BCUT2D eigenvalue weighted by atomic mass is 10.2. The van der Waals surface area contributed by atoms with Gasteiger partial charge in [-0.1, -0.05) is 0 Å². The zero-order valence-electron chi connectivity index (χ0n) is 8.76. The third kappa shape index (κ3) is 1.83. The molecule has 0 bridgehead atoms. The zero-order valence-corrected chi connectivity index (χ0v) is 9.58. The van der Waals surface area contributed by atoms with Gasteiger partial charge in [0.15, 0.2) is 0 Å². The average molecular weight is 244 g/mol. The first-order valence-electron chi connectivity index (χ1n) is 4.86. The number of amides is 1. The third-order valence-corrected chi connectivity index (χ3v) is 3.78. The standard InChI is InChI=1S/C9H12N2O4S/c1-10-16(13,14)8-5-7(6-15-8)9(12)11-3-2-4-11/h5-6,10H,2-4H2,1H3. The van der Waals surface area contributed by atoms with E-state index in [1.807, 2.05) is 0 Å². The van der Waals surface area contributed by atoms with Crippen molar-refractivity contribution in [1.82, 2.24) is 9.62 Å². The van der Waals surface area contributed by atoms with Gasteiger partial charge in [-0.3, -0.25) is 4.79 Å². The van der Waals surface area contributed by atoms with E-state index in [1.54, 1.807) is 4.90 Å². The molecule has 0 radical (unpaired) electrons. The lowest BCUT2D eigenvalue weighted by molar-refractivity contribution is 0.0651. The van der Waals surface area contributed by atoms with Crippen LogP contribution in [0.4, 0.5) is 0 Å². The zero-order chi connectivity index (χ0) is 11.8. The summed E-state index contributed by atoms with van der Waals surface area (Å²) in [6, 6.07) is 1.24. The van der Waals surface area contributed by atoms with Crippen LogP contribution in [0.2, 0.25) is 0 Å². The number of hydrogen-bond donors (Lipinski definition) is 1. The second-order valence-electron chi connectivity index (χ2n) is 3.51. The van der Waals surface area contributed by atoms with Gasteiger partial charge < -0.3 is 9.32 Å². The number of carbonyl (C=O) groups excluding carboxylic acids is 1. The monoisotopic (exact) mass is 244 g/mol.